The van der Waals surface area contributed by atoms with Crippen LogP contribution >= 0.6 is 0 Å². The average Bonchev–Trinajstić information content (AvgIpc) is 2.69. The van der Waals surface area contributed by atoms with E-state index in [9.17, 15) is 4.79 Å². The highest BCUT2D eigenvalue weighted by atomic mass is 16.5. The molecule has 6 heteroatoms. The molecule has 0 aliphatic rings. The molecule has 132 valence electrons. The SMILES string of the molecule is CCOC(=O)c1ccc(-c2nccnc2Oc2cccc(OC)c2)cc1. The van der Waals surface area contributed by atoms with Crippen LogP contribution in [-0.2, 0) is 4.74 Å². The molecule has 0 aliphatic carbocycles. The van der Waals surface area contributed by atoms with Crippen LogP contribution in [0.25, 0.3) is 11.3 Å². The van der Waals surface area contributed by atoms with Gasteiger partial charge >= 0.3 is 5.97 Å². The second-order valence-electron chi connectivity index (χ2n) is 5.29. The monoisotopic (exact) mass is 350 g/mol. The van der Waals surface area contributed by atoms with Crippen LogP contribution in [0.1, 0.15) is 17.3 Å². The standard InChI is InChI=1S/C20H18N2O4/c1-3-25-20(23)15-9-7-14(8-10-15)18-19(22-12-11-21-18)26-17-6-4-5-16(13-17)24-2/h4-13H,3H2,1-2H3. The predicted octanol–water partition coefficient (Wildman–Crippen LogP) is 4.12. The number of rotatable bonds is 6. The van der Waals surface area contributed by atoms with Gasteiger partial charge in [-0.25, -0.2) is 14.8 Å². The van der Waals surface area contributed by atoms with Gasteiger partial charge < -0.3 is 14.2 Å². The van der Waals surface area contributed by atoms with E-state index in [0.29, 0.717) is 35.2 Å². The second-order valence-corrected chi connectivity index (χ2v) is 5.29. The molecule has 0 amide bonds. The molecule has 2 aromatic carbocycles. The van der Waals surface area contributed by atoms with E-state index >= 15 is 0 Å². The third kappa shape index (κ3) is 3.97. The zero-order valence-corrected chi connectivity index (χ0v) is 14.5. The largest absolute Gasteiger partial charge is 0.497 e. The number of hydrogen-bond acceptors (Lipinski definition) is 6. The van der Waals surface area contributed by atoms with Crippen molar-refractivity contribution >= 4 is 5.97 Å². The Morgan fingerprint density at radius 1 is 1.00 bits per heavy atom. The van der Waals surface area contributed by atoms with E-state index < -0.39 is 0 Å². The molecule has 1 aromatic heterocycles. The van der Waals surface area contributed by atoms with Gasteiger partial charge in [0.1, 0.15) is 17.2 Å². The van der Waals surface area contributed by atoms with Gasteiger partial charge in [0.05, 0.1) is 19.3 Å². The number of methoxy groups -OCH3 is 1. The first-order chi connectivity index (χ1) is 12.7. The van der Waals surface area contributed by atoms with E-state index in [4.69, 9.17) is 14.2 Å². The van der Waals surface area contributed by atoms with Crippen LogP contribution in [0, 0.1) is 0 Å². The number of benzene rings is 2. The Morgan fingerprint density at radius 3 is 2.46 bits per heavy atom. The molecule has 0 aliphatic heterocycles. The Labute approximate surface area is 151 Å². The van der Waals surface area contributed by atoms with Gasteiger partial charge in [-0.15, -0.1) is 0 Å². The van der Waals surface area contributed by atoms with Crippen molar-refractivity contribution in [3.05, 3.63) is 66.5 Å². The molecule has 0 radical (unpaired) electrons. The summed E-state index contributed by atoms with van der Waals surface area (Å²) in [5.41, 5.74) is 1.84. The molecule has 6 nitrogen and oxygen atoms in total. The maximum atomic E-state index is 11.8. The molecule has 3 aromatic rings. The minimum absolute atomic E-state index is 0.337. The molecular formula is C20H18N2O4. The van der Waals surface area contributed by atoms with Crippen LogP contribution in [0.2, 0.25) is 0 Å². The topological polar surface area (TPSA) is 70.5 Å². The fraction of sp³-hybridized carbons (Fsp3) is 0.150. The van der Waals surface area contributed by atoms with Crippen LogP contribution in [0.5, 0.6) is 17.4 Å². The Morgan fingerprint density at radius 2 is 1.73 bits per heavy atom. The van der Waals surface area contributed by atoms with Gasteiger partial charge in [-0.3, -0.25) is 0 Å². The molecule has 0 saturated heterocycles. The van der Waals surface area contributed by atoms with Crippen molar-refractivity contribution in [2.75, 3.05) is 13.7 Å². The van der Waals surface area contributed by atoms with E-state index in [1.807, 2.05) is 18.2 Å². The van der Waals surface area contributed by atoms with Crippen molar-refractivity contribution in [1.29, 1.82) is 0 Å². The van der Waals surface area contributed by atoms with Gasteiger partial charge in [-0.1, -0.05) is 18.2 Å². The number of nitrogens with zero attached hydrogens (tertiary/aromatic N) is 2. The molecule has 0 bridgehead atoms. The molecule has 0 atom stereocenters. The van der Waals surface area contributed by atoms with E-state index in [1.54, 1.807) is 56.8 Å². The molecular weight excluding hydrogens is 332 g/mol. The molecule has 0 fully saturated rings. The smallest absolute Gasteiger partial charge is 0.338 e. The zero-order chi connectivity index (χ0) is 18.4. The van der Waals surface area contributed by atoms with Gasteiger partial charge in [0.2, 0.25) is 5.88 Å². The number of carbonyl (C=O) groups is 1. The summed E-state index contributed by atoms with van der Waals surface area (Å²) < 4.78 is 16.1. The first-order valence-corrected chi connectivity index (χ1v) is 8.11. The number of hydrogen-bond donors (Lipinski definition) is 0. The van der Waals surface area contributed by atoms with Crippen molar-refractivity contribution in [2.45, 2.75) is 6.92 Å². The molecule has 0 N–H and O–H groups in total. The summed E-state index contributed by atoms with van der Waals surface area (Å²) in [6, 6.07) is 14.2. The minimum Gasteiger partial charge on any atom is -0.497 e. The van der Waals surface area contributed by atoms with Crippen LogP contribution in [0.15, 0.2) is 60.9 Å². The zero-order valence-electron chi connectivity index (χ0n) is 14.5. The third-order valence-corrected chi connectivity index (χ3v) is 3.59. The summed E-state index contributed by atoms with van der Waals surface area (Å²) in [6.07, 6.45) is 3.15. The van der Waals surface area contributed by atoms with Crippen molar-refractivity contribution in [1.82, 2.24) is 9.97 Å². The minimum atomic E-state index is -0.356. The molecule has 0 unspecified atom stereocenters. The van der Waals surface area contributed by atoms with Gasteiger partial charge in [0.25, 0.3) is 0 Å². The van der Waals surface area contributed by atoms with Crippen LogP contribution in [0.4, 0.5) is 0 Å². The van der Waals surface area contributed by atoms with E-state index in [-0.39, 0.29) is 5.97 Å². The van der Waals surface area contributed by atoms with E-state index in [1.165, 1.54) is 0 Å². The van der Waals surface area contributed by atoms with Gasteiger partial charge in [0, 0.05) is 24.0 Å². The predicted molar refractivity (Wildman–Crippen MR) is 96.5 cm³/mol. The maximum absolute atomic E-state index is 11.8. The molecule has 26 heavy (non-hydrogen) atoms. The van der Waals surface area contributed by atoms with Crippen LogP contribution < -0.4 is 9.47 Å². The van der Waals surface area contributed by atoms with Crippen molar-refractivity contribution < 1.29 is 19.0 Å². The van der Waals surface area contributed by atoms with Crippen molar-refractivity contribution in [2.24, 2.45) is 0 Å². The van der Waals surface area contributed by atoms with Crippen LogP contribution in [0.3, 0.4) is 0 Å². The Kier molecular flexibility index (Phi) is 5.43. The van der Waals surface area contributed by atoms with Gasteiger partial charge in [0.15, 0.2) is 0 Å². The molecule has 0 saturated carbocycles. The molecule has 3 rings (SSSR count). The molecule has 1 heterocycles. The number of esters is 1. The first kappa shape index (κ1) is 17.4. The van der Waals surface area contributed by atoms with Gasteiger partial charge in [-0.05, 0) is 31.2 Å². The van der Waals surface area contributed by atoms with Crippen molar-refractivity contribution in [3.63, 3.8) is 0 Å². The van der Waals surface area contributed by atoms with Gasteiger partial charge in [-0.2, -0.15) is 0 Å². The lowest BCUT2D eigenvalue weighted by Crippen LogP contribution is -2.04. The summed E-state index contributed by atoms with van der Waals surface area (Å²) in [5, 5.41) is 0. The summed E-state index contributed by atoms with van der Waals surface area (Å²) in [7, 11) is 1.60. The van der Waals surface area contributed by atoms with E-state index in [2.05, 4.69) is 9.97 Å². The Balaban J connectivity index is 1.88. The second kappa shape index (κ2) is 8.11. The number of ether oxygens (including phenoxy) is 3. The fourth-order valence-corrected chi connectivity index (χ4v) is 2.35. The summed E-state index contributed by atoms with van der Waals surface area (Å²) in [5.74, 6) is 1.29. The van der Waals surface area contributed by atoms with E-state index in [0.717, 1.165) is 5.56 Å². The lowest BCUT2D eigenvalue weighted by atomic mass is 10.1. The molecule has 0 spiro atoms. The summed E-state index contributed by atoms with van der Waals surface area (Å²) >= 11 is 0. The highest BCUT2D eigenvalue weighted by Crippen LogP contribution is 2.31. The third-order valence-electron chi connectivity index (χ3n) is 3.59. The highest BCUT2D eigenvalue weighted by Gasteiger charge is 2.12. The number of aromatic nitrogens is 2. The fourth-order valence-electron chi connectivity index (χ4n) is 2.35. The lowest BCUT2D eigenvalue weighted by Gasteiger charge is -2.10. The summed E-state index contributed by atoms with van der Waals surface area (Å²) in [6.45, 7) is 2.11. The lowest BCUT2D eigenvalue weighted by molar-refractivity contribution is 0.0526. The highest BCUT2D eigenvalue weighted by molar-refractivity contribution is 5.90. The van der Waals surface area contributed by atoms with Crippen molar-refractivity contribution in [3.8, 4) is 28.6 Å². The average molecular weight is 350 g/mol. The number of carbonyl (C=O) groups excluding carboxylic acids is 1. The quantitative estimate of drug-likeness (QED) is 0.623. The normalized spacial score (nSPS) is 10.2. The first-order valence-electron chi connectivity index (χ1n) is 8.11. The van der Waals surface area contributed by atoms with Crippen LogP contribution in [-0.4, -0.2) is 29.7 Å². The Hall–Kier alpha value is -3.41. The summed E-state index contributed by atoms with van der Waals surface area (Å²) in [4.78, 5) is 20.4. The maximum Gasteiger partial charge on any atom is 0.338 e. The Bertz CT molecular complexity index is 894.